The molecule has 0 aromatic heterocycles. The Bertz CT molecular complexity index is 2610. The molecule has 4 rings (SSSR count). The van der Waals surface area contributed by atoms with Gasteiger partial charge < -0.3 is 151 Å². The predicted molar refractivity (Wildman–Crippen MR) is 355 cm³/mol. The molecule has 41 heteroatoms. The number of nitrogens with one attached hydrogen (secondary N) is 8. The van der Waals surface area contributed by atoms with Crippen molar-refractivity contribution in [3.8, 4) is 0 Å². The maximum atomic E-state index is 13.7. The van der Waals surface area contributed by atoms with Crippen molar-refractivity contribution in [3.63, 3.8) is 0 Å². The number of unbranched alkanes of at least 4 members (excludes halogenated alkanes) is 3. The van der Waals surface area contributed by atoms with E-state index in [0.29, 0.717) is 5.56 Å². The maximum Gasteiger partial charge on any atom is 0.407 e. The number of ether oxygens (including phenoxy) is 10. The van der Waals surface area contributed by atoms with Crippen LogP contribution in [0.3, 0.4) is 0 Å². The van der Waals surface area contributed by atoms with Crippen LogP contribution in [0, 0.1) is 0 Å². The van der Waals surface area contributed by atoms with Crippen LogP contribution in [0.15, 0.2) is 30.3 Å². The van der Waals surface area contributed by atoms with Crippen LogP contribution in [0.4, 0.5) is 4.79 Å². The highest BCUT2D eigenvalue weighted by atomic mass is 16.7. The highest BCUT2D eigenvalue weighted by Gasteiger charge is 2.47. The highest BCUT2D eigenvalue weighted by molar-refractivity contribution is 5.86. The van der Waals surface area contributed by atoms with Gasteiger partial charge in [-0.3, -0.25) is 47.9 Å². The van der Waals surface area contributed by atoms with E-state index in [1.54, 1.807) is 30.3 Å². The van der Waals surface area contributed by atoms with Crippen molar-refractivity contribution < 1.29 is 161 Å². The van der Waals surface area contributed by atoms with Crippen LogP contribution in [-0.4, -0.2) is 330 Å². The summed E-state index contributed by atoms with van der Waals surface area (Å²) in [5.74, 6) is -7.20. The first-order valence-corrected chi connectivity index (χ1v) is 34.8. The number of carbonyl (C=O) groups excluding carboxylic acids is 11. The first-order chi connectivity index (χ1) is 50.7. The van der Waals surface area contributed by atoms with E-state index >= 15 is 0 Å². The van der Waals surface area contributed by atoms with Gasteiger partial charge in [-0.25, -0.2) is 4.79 Å². The van der Waals surface area contributed by atoms with Gasteiger partial charge in [0.15, 0.2) is 18.9 Å². The largest absolute Gasteiger partial charge is 0.463 e. The third-order valence-electron chi connectivity index (χ3n) is 16.3. The smallest absolute Gasteiger partial charge is 0.407 e. The van der Waals surface area contributed by atoms with Crippen molar-refractivity contribution in [1.29, 1.82) is 0 Å². The van der Waals surface area contributed by atoms with E-state index in [1.165, 1.54) is 0 Å². The van der Waals surface area contributed by atoms with Crippen molar-refractivity contribution in [2.24, 2.45) is 0 Å². The zero-order valence-electron chi connectivity index (χ0n) is 58.6. The quantitative estimate of drug-likeness (QED) is 0.0164. The molecule has 3 saturated heterocycles. The molecule has 41 nitrogen and oxygen atoms in total. The van der Waals surface area contributed by atoms with E-state index in [2.05, 4.69) is 42.5 Å². The molecule has 3 aliphatic heterocycles. The van der Waals surface area contributed by atoms with Crippen LogP contribution >= 0.6 is 0 Å². The van der Waals surface area contributed by atoms with Crippen molar-refractivity contribution in [2.75, 3.05) is 105 Å². The van der Waals surface area contributed by atoms with Gasteiger partial charge in [0.2, 0.25) is 41.4 Å². The second kappa shape index (κ2) is 50.2. The van der Waals surface area contributed by atoms with Crippen molar-refractivity contribution in [1.82, 2.24) is 42.5 Å². The Morgan fingerprint density at radius 2 is 0.670 bits per heavy atom. The molecule has 20 N–H and O–H groups in total. The molecular weight excluding hydrogens is 1420 g/mol. The predicted octanol–water partition coefficient (Wildman–Crippen LogP) is -8.60. The van der Waals surface area contributed by atoms with Gasteiger partial charge in [0.1, 0.15) is 112 Å². The van der Waals surface area contributed by atoms with Crippen LogP contribution in [0.2, 0.25) is 0 Å². The van der Waals surface area contributed by atoms with Gasteiger partial charge in [0, 0.05) is 78.0 Å². The molecule has 3 aliphatic rings. The molecule has 0 spiro atoms. The monoisotopic (exact) mass is 1520 g/mol. The summed E-state index contributed by atoms with van der Waals surface area (Å²) in [6.07, 6.45) is -22.6. The summed E-state index contributed by atoms with van der Waals surface area (Å²) in [6, 6.07) is 8.51. The number of aliphatic hydroxyl groups is 12. The number of aliphatic hydroxyl groups excluding tert-OH is 12. The third kappa shape index (κ3) is 34.6. The van der Waals surface area contributed by atoms with Crippen molar-refractivity contribution in [2.45, 2.75) is 201 Å². The molecule has 602 valence electrons. The average Bonchev–Trinajstić information content (AvgIpc) is 0.829. The van der Waals surface area contributed by atoms with Crippen molar-refractivity contribution >= 4 is 65.4 Å². The average molecular weight is 1530 g/mol. The fourth-order valence-corrected chi connectivity index (χ4v) is 10.1. The molecule has 1 aromatic rings. The van der Waals surface area contributed by atoms with Crippen LogP contribution in [-0.2, 0) is 102 Å². The lowest BCUT2D eigenvalue weighted by Crippen LogP contribution is -2.60. The number of rotatable bonds is 50. The second-order valence-electron chi connectivity index (χ2n) is 25.0. The van der Waals surface area contributed by atoms with Gasteiger partial charge in [0.25, 0.3) is 0 Å². The summed E-state index contributed by atoms with van der Waals surface area (Å²) < 4.78 is 53.9. The Hall–Kier alpha value is -7.53. The second-order valence-corrected chi connectivity index (χ2v) is 25.0. The zero-order valence-corrected chi connectivity index (χ0v) is 58.6. The highest BCUT2D eigenvalue weighted by Crippen LogP contribution is 2.25. The minimum atomic E-state index is -2.11. The summed E-state index contributed by atoms with van der Waals surface area (Å²) in [4.78, 5) is 142. The van der Waals surface area contributed by atoms with Gasteiger partial charge in [-0.15, -0.1) is 0 Å². The van der Waals surface area contributed by atoms with E-state index in [4.69, 9.17) is 47.4 Å². The topological polar surface area (TPSA) is 619 Å². The number of alkyl carbamates (subject to hydrolysis) is 1. The van der Waals surface area contributed by atoms with Crippen molar-refractivity contribution in [3.05, 3.63) is 35.9 Å². The van der Waals surface area contributed by atoms with Crippen LogP contribution in [0.25, 0.3) is 0 Å². The van der Waals surface area contributed by atoms with Gasteiger partial charge >= 0.3 is 24.0 Å². The van der Waals surface area contributed by atoms with E-state index in [-0.39, 0.29) is 142 Å². The van der Waals surface area contributed by atoms with Gasteiger partial charge in [-0.2, -0.15) is 0 Å². The molecule has 15 atom stereocenters. The van der Waals surface area contributed by atoms with Crippen LogP contribution < -0.4 is 42.5 Å². The molecule has 0 bridgehead atoms. The third-order valence-corrected chi connectivity index (χ3v) is 16.3. The number of amides is 8. The lowest BCUT2D eigenvalue weighted by atomic mass is 9.99. The summed E-state index contributed by atoms with van der Waals surface area (Å²) in [5, 5.41) is 138. The van der Waals surface area contributed by atoms with Crippen LogP contribution in [0.1, 0.15) is 102 Å². The summed E-state index contributed by atoms with van der Waals surface area (Å²) >= 11 is 0. The molecule has 0 unspecified atom stereocenters. The van der Waals surface area contributed by atoms with E-state index in [1.807, 2.05) is 0 Å². The zero-order chi connectivity index (χ0) is 78.0. The van der Waals surface area contributed by atoms with Crippen LogP contribution in [0.5, 0.6) is 0 Å². The summed E-state index contributed by atoms with van der Waals surface area (Å²) in [6.45, 7) is -7.22. The molecular formula is C65H104N8O33. The number of hydrogen-bond donors (Lipinski definition) is 20. The van der Waals surface area contributed by atoms with Gasteiger partial charge in [-0.05, 0) is 63.4 Å². The lowest BCUT2D eigenvalue weighted by molar-refractivity contribution is -0.301. The molecule has 8 amide bonds. The Balaban J connectivity index is 1.30. The number of esters is 3. The SMILES string of the molecule is O=C(CCCCO[C@@H]1O[C@@H](CO)[C@H](O)[C@H](O)[C@@H]1O)NCC(=O)NCCCC(=O)OCC(COC(=O)CCCNC(=O)CNC(=O)CCCCO[C@@H]1O[C@@H](CO)[C@H](O)[C@H](O)[C@@H]1O)(COC(=O)CCCNC(=O)CNC(=O)CCCCO[C@@H]1O[C@@H](CO)[C@H](O)[C@H](O)[C@@H]1O)NC(=O)CNC(=O)OCc1ccccc1. The molecule has 3 heterocycles. The van der Waals surface area contributed by atoms with E-state index in [0.717, 1.165) is 0 Å². The fraction of sp³-hybridized carbons (Fsp3) is 0.738. The lowest BCUT2D eigenvalue weighted by Gasteiger charge is -2.39. The summed E-state index contributed by atoms with van der Waals surface area (Å²) in [5.41, 5.74) is -1.49. The fourth-order valence-electron chi connectivity index (χ4n) is 10.1. The molecule has 3 fully saturated rings. The molecule has 0 radical (unpaired) electrons. The Morgan fingerprint density at radius 1 is 0.349 bits per heavy atom. The number of hydrogen-bond acceptors (Lipinski definition) is 33. The van der Waals surface area contributed by atoms with Gasteiger partial charge in [0.05, 0.1) is 39.5 Å². The Labute approximate surface area is 609 Å². The first kappa shape index (κ1) is 90.9. The maximum absolute atomic E-state index is 13.7. The molecule has 106 heavy (non-hydrogen) atoms. The molecule has 0 saturated carbocycles. The van der Waals surface area contributed by atoms with E-state index in [9.17, 15) is 114 Å². The summed E-state index contributed by atoms with van der Waals surface area (Å²) in [7, 11) is 0. The number of carbonyl (C=O) groups is 11. The van der Waals surface area contributed by atoms with Gasteiger partial charge in [-0.1, -0.05) is 30.3 Å². The molecule has 1 aromatic carbocycles. The number of benzene rings is 1. The Kier molecular flexibility index (Phi) is 43.0. The Morgan fingerprint density at radius 3 is 0.991 bits per heavy atom. The normalized spacial score (nSPS) is 24.2. The molecule has 0 aliphatic carbocycles. The minimum absolute atomic E-state index is 0.0303. The minimum Gasteiger partial charge on any atom is -0.463 e. The first-order valence-electron chi connectivity index (χ1n) is 34.8. The standard InChI is InChI=1S/C65H104N8O33/c74-31-39-52(87)55(90)58(93)61(104-39)97-24-7-4-15-42(77)69-27-45(80)66-21-10-18-49(84)101-35-65(73-48(83)30-72-64(96)100-34-38-13-2-1-3-14-38,36-102-50(85)19-11-22-67-46(81)28-70-43(78)16-5-8-25-98-62-59(94)56(91)53(88)40(32-75)105-62)37-103-51(86)20-12-23-68-47(82)29-71-44(79)17-6-9-26-99-63-60(95)57(92)54(89)41(33-76)106-63/h1-3,13-14,39-41,52-63,74-76,87-95H,4-12,15-37H2,(H,66,80)(H,67,81)(H,68,82)(H,69,77)(H,70,78)(H,71,79)(H,72,96)(H,73,83)/t39-,40-,41-,52-,53-,54-,55-,56-,57-,58-,59-,60-,61+,62+,63+/m0/s1. The van der Waals surface area contributed by atoms with E-state index < -0.39 is 229 Å².